The lowest BCUT2D eigenvalue weighted by molar-refractivity contribution is 0.129. The summed E-state index contributed by atoms with van der Waals surface area (Å²) < 4.78 is 5.20. The summed E-state index contributed by atoms with van der Waals surface area (Å²) in [7, 11) is 1.70. The molecule has 0 bridgehead atoms. The molecule has 1 aromatic carbocycles. The van der Waals surface area contributed by atoms with Crippen molar-refractivity contribution in [2.45, 2.75) is 25.9 Å². The van der Waals surface area contributed by atoms with Crippen molar-refractivity contribution in [2.24, 2.45) is 5.92 Å². The van der Waals surface area contributed by atoms with E-state index in [9.17, 15) is 5.11 Å². The predicted octanol–water partition coefficient (Wildman–Crippen LogP) is 1.98. The zero-order chi connectivity index (χ0) is 12.7. The van der Waals surface area contributed by atoms with Gasteiger partial charge in [-0.3, -0.25) is 0 Å². The van der Waals surface area contributed by atoms with E-state index >= 15 is 0 Å². The topological polar surface area (TPSA) is 41.5 Å². The highest BCUT2D eigenvalue weighted by molar-refractivity contribution is 5.19. The maximum absolute atomic E-state index is 9.48. The van der Waals surface area contributed by atoms with E-state index in [0.29, 0.717) is 12.5 Å². The molecular weight excluding hydrogens is 214 g/mol. The Kier molecular flexibility index (Phi) is 6.19. The molecule has 1 unspecified atom stereocenters. The van der Waals surface area contributed by atoms with Crippen molar-refractivity contribution >= 4 is 0 Å². The highest BCUT2D eigenvalue weighted by atomic mass is 16.5. The third kappa shape index (κ3) is 4.46. The van der Waals surface area contributed by atoms with Gasteiger partial charge in [0, 0.05) is 13.2 Å². The lowest BCUT2D eigenvalue weighted by atomic mass is 10.0. The largest absolute Gasteiger partial charge is 0.394 e. The number of rotatable bonds is 7. The first-order chi connectivity index (χ1) is 8.19. The zero-order valence-electron chi connectivity index (χ0n) is 10.9. The highest BCUT2D eigenvalue weighted by Gasteiger charge is 2.18. The van der Waals surface area contributed by atoms with Crippen molar-refractivity contribution in [3.05, 3.63) is 35.9 Å². The summed E-state index contributed by atoms with van der Waals surface area (Å²) in [6.45, 7) is 5.05. The Morgan fingerprint density at radius 3 is 2.35 bits per heavy atom. The van der Waals surface area contributed by atoms with Gasteiger partial charge in [-0.05, 0) is 11.5 Å². The average molecular weight is 237 g/mol. The fraction of sp³-hybridized carbons (Fsp3) is 0.571. The Balaban J connectivity index is 2.68. The minimum absolute atomic E-state index is 0.0289. The molecule has 0 aliphatic heterocycles. The first-order valence-corrected chi connectivity index (χ1v) is 6.09. The number of hydrogen-bond donors (Lipinski definition) is 2. The second-order valence-electron chi connectivity index (χ2n) is 4.62. The van der Waals surface area contributed by atoms with Gasteiger partial charge in [0.2, 0.25) is 0 Å². The summed E-state index contributed by atoms with van der Waals surface area (Å²) in [6.07, 6.45) is 0. The van der Waals surface area contributed by atoms with E-state index in [1.165, 1.54) is 0 Å². The van der Waals surface area contributed by atoms with Crippen LogP contribution < -0.4 is 5.32 Å². The van der Waals surface area contributed by atoms with Crippen LogP contribution in [0.2, 0.25) is 0 Å². The quantitative estimate of drug-likeness (QED) is 0.762. The molecular formula is C14H23NO2. The summed E-state index contributed by atoms with van der Waals surface area (Å²) in [6, 6.07) is 10.2. The fourth-order valence-electron chi connectivity index (χ4n) is 1.81. The number of nitrogens with one attached hydrogen (secondary N) is 1. The van der Waals surface area contributed by atoms with Gasteiger partial charge in [-0.15, -0.1) is 0 Å². The molecule has 3 nitrogen and oxygen atoms in total. The van der Waals surface area contributed by atoms with Crippen LogP contribution in [0.1, 0.15) is 25.5 Å². The molecule has 17 heavy (non-hydrogen) atoms. The van der Waals surface area contributed by atoms with Crippen molar-refractivity contribution in [1.82, 2.24) is 5.32 Å². The second kappa shape index (κ2) is 7.43. The Labute approximate surface area is 104 Å². The van der Waals surface area contributed by atoms with E-state index in [1.54, 1.807) is 7.11 Å². The fourth-order valence-corrected chi connectivity index (χ4v) is 1.81. The van der Waals surface area contributed by atoms with Crippen LogP contribution in [0.3, 0.4) is 0 Å². The van der Waals surface area contributed by atoms with Gasteiger partial charge in [-0.25, -0.2) is 0 Å². The molecule has 3 heteroatoms. The Morgan fingerprint density at radius 2 is 1.88 bits per heavy atom. The summed E-state index contributed by atoms with van der Waals surface area (Å²) in [4.78, 5) is 0. The van der Waals surface area contributed by atoms with E-state index in [0.717, 1.165) is 5.56 Å². The Bertz CT molecular complexity index is 300. The molecule has 0 saturated carbocycles. The van der Waals surface area contributed by atoms with Crippen LogP contribution in [0.5, 0.6) is 0 Å². The van der Waals surface area contributed by atoms with Crippen LogP contribution in [0, 0.1) is 5.92 Å². The van der Waals surface area contributed by atoms with Crippen LogP contribution in [0.25, 0.3) is 0 Å². The summed E-state index contributed by atoms with van der Waals surface area (Å²) in [5.41, 5.74) is 1.11. The number of aliphatic hydroxyl groups is 1. The van der Waals surface area contributed by atoms with Crippen LogP contribution in [0.15, 0.2) is 30.3 Å². The van der Waals surface area contributed by atoms with E-state index < -0.39 is 0 Å². The predicted molar refractivity (Wildman–Crippen MR) is 69.9 cm³/mol. The Hall–Kier alpha value is -0.900. The minimum atomic E-state index is -0.0289. The lowest BCUT2D eigenvalue weighted by Gasteiger charge is -2.27. The molecule has 2 N–H and O–H groups in total. The molecule has 0 aliphatic rings. The second-order valence-corrected chi connectivity index (χ2v) is 4.62. The van der Waals surface area contributed by atoms with Gasteiger partial charge in [0.25, 0.3) is 0 Å². The van der Waals surface area contributed by atoms with Gasteiger partial charge < -0.3 is 15.2 Å². The van der Waals surface area contributed by atoms with Gasteiger partial charge in [-0.1, -0.05) is 44.2 Å². The molecule has 0 heterocycles. The third-order valence-electron chi connectivity index (χ3n) is 2.95. The van der Waals surface area contributed by atoms with Crippen molar-refractivity contribution in [3.63, 3.8) is 0 Å². The van der Waals surface area contributed by atoms with Gasteiger partial charge in [-0.2, -0.15) is 0 Å². The first-order valence-electron chi connectivity index (χ1n) is 6.09. The SMILES string of the molecule is COCC(N[C@H](CO)c1ccccc1)C(C)C. The standard InChI is InChI=1S/C14H23NO2/c1-11(2)14(10-17-3)15-13(9-16)12-7-5-4-6-8-12/h4-8,11,13-16H,9-10H2,1-3H3/t13-,14?/m1/s1. The molecule has 0 amide bonds. The zero-order valence-corrected chi connectivity index (χ0v) is 10.9. The number of methoxy groups -OCH3 is 1. The lowest BCUT2D eigenvalue weighted by Crippen LogP contribution is -2.41. The first kappa shape index (κ1) is 14.2. The third-order valence-corrected chi connectivity index (χ3v) is 2.95. The summed E-state index contributed by atoms with van der Waals surface area (Å²) in [5, 5.41) is 12.9. The number of ether oxygens (including phenoxy) is 1. The molecule has 1 aromatic rings. The monoisotopic (exact) mass is 237 g/mol. The molecule has 0 aliphatic carbocycles. The van der Waals surface area contributed by atoms with Crippen LogP contribution >= 0.6 is 0 Å². The van der Waals surface area contributed by atoms with Crippen molar-refractivity contribution < 1.29 is 9.84 Å². The maximum Gasteiger partial charge on any atom is 0.0626 e. The molecule has 2 atom stereocenters. The minimum Gasteiger partial charge on any atom is -0.394 e. The van der Waals surface area contributed by atoms with E-state index in [1.807, 2.05) is 30.3 Å². The van der Waals surface area contributed by atoms with Crippen molar-refractivity contribution in [3.8, 4) is 0 Å². The smallest absolute Gasteiger partial charge is 0.0626 e. The number of benzene rings is 1. The van der Waals surface area contributed by atoms with E-state index in [-0.39, 0.29) is 18.7 Å². The van der Waals surface area contributed by atoms with E-state index in [2.05, 4.69) is 19.2 Å². The molecule has 0 radical (unpaired) electrons. The molecule has 0 fully saturated rings. The van der Waals surface area contributed by atoms with Gasteiger partial charge in [0.15, 0.2) is 0 Å². The number of aliphatic hydroxyl groups excluding tert-OH is 1. The van der Waals surface area contributed by atoms with E-state index in [4.69, 9.17) is 4.74 Å². The van der Waals surface area contributed by atoms with Crippen LogP contribution in [-0.2, 0) is 4.74 Å². The van der Waals surface area contributed by atoms with Gasteiger partial charge in [0.05, 0.1) is 19.3 Å². The van der Waals surface area contributed by atoms with Crippen molar-refractivity contribution in [1.29, 1.82) is 0 Å². The molecule has 1 rings (SSSR count). The normalized spacial score (nSPS) is 14.9. The van der Waals surface area contributed by atoms with Crippen LogP contribution in [-0.4, -0.2) is 31.5 Å². The molecule has 0 saturated heterocycles. The summed E-state index contributed by atoms with van der Waals surface area (Å²) in [5.74, 6) is 0.465. The average Bonchev–Trinajstić information content (AvgIpc) is 2.35. The van der Waals surface area contributed by atoms with Crippen LogP contribution in [0.4, 0.5) is 0 Å². The summed E-state index contributed by atoms with van der Waals surface area (Å²) >= 11 is 0. The number of hydrogen-bond acceptors (Lipinski definition) is 3. The maximum atomic E-state index is 9.48. The highest BCUT2D eigenvalue weighted by Crippen LogP contribution is 2.15. The van der Waals surface area contributed by atoms with Crippen molar-refractivity contribution in [2.75, 3.05) is 20.3 Å². The van der Waals surface area contributed by atoms with Gasteiger partial charge >= 0.3 is 0 Å². The molecule has 96 valence electrons. The van der Waals surface area contributed by atoms with Gasteiger partial charge in [0.1, 0.15) is 0 Å². The Morgan fingerprint density at radius 1 is 1.24 bits per heavy atom. The molecule has 0 aromatic heterocycles. The molecule has 0 spiro atoms.